The monoisotopic (exact) mass is 378 g/mol. The number of halogens is 1. The molecule has 0 bridgehead atoms. The number of carbonyl (C=O) groups excluding carboxylic acids is 1. The lowest BCUT2D eigenvalue weighted by Crippen LogP contribution is -2.57. The SMILES string of the molecule is O=C(CCc1ncc(-c2ccccc2Cl)o1)NC1(C(=O)O)CCOCC1. The molecule has 2 aromatic rings. The Morgan fingerprint density at radius 3 is 2.69 bits per heavy atom. The van der Waals surface area contributed by atoms with Gasteiger partial charge in [-0.15, -0.1) is 0 Å². The fourth-order valence-corrected chi connectivity index (χ4v) is 3.10. The van der Waals surface area contributed by atoms with Gasteiger partial charge in [0.2, 0.25) is 5.91 Å². The Kier molecular flexibility index (Phi) is 5.58. The minimum Gasteiger partial charge on any atom is -0.480 e. The lowest BCUT2D eigenvalue weighted by Gasteiger charge is -2.33. The van der Waals surface area contributed by atoms with Gasteiger partial charge in [-0.05, 0) is 12.1 Å². The summed E-state index contributed by atoms with van der Waals surface area (Å²) in [6, 6.07) is 7.24. The Morgan fingerprint density at radius 2 is 2.00 bits per heavy atom. The van der Waals surface area contributed by atoms with Gasteiger partial charge in [0.25, 0.3) is 0 Å². The van der Waals surface area contributed by atoms with Crippen LogP contribution >= 0.6 is 11.6 Å². The molecule has 7 nitrogen and oxygen atoms in total. The van der Waals surface area contributed by atoms with E-state index < -0.39 is 11.5 Å². The predicted molar refractivity (Wildman–Crippen MR) is 93.8 cm³/mol. The zero-order valence-electron chi connectivity index (χ0n) is 14.0. The number of aliphatic carboxylic acids is 1. The van der Waals surface area contributed by atoms with Crippen LogP contribution in [0.15, 0.2) is 34.9 Å². The molecule has 0 aliphatic carbocycles. The molecule has 0 radical (unpaired) electrons. The smallest absolute Gasteiger partial charge is 0.329 e. The number of hydrogen-bond donors (Lipinski definition) is 2. The average molecular weight is 379 g/mol. The first kappa shape index (κ1) is 18.4. The number of nitrogens with one attached hydrogen (secondary N) is 1. The summed E-state index contributed by atoms with van der Waals surface area (Å²) in [6.45, 7) is 0.626. The first-order valence-electron chi connectivity index (χ1n) is 8.32. The van der Waals surface area contributed by atoms with Crippen LogP contribution in [0.25, 0.3) is 11.3 Å². The number of carbonyl (C=O) groups is 2. The highest BCUT2D eigenvalue weighted by molar-refractivity contribution is 6.33. The van der Waals surface area contributed by atoms with Crippen molar-refractivity contribution in [2.24, 2.45) is 0 Å². The number of nitrogens with zero attached hydrogens (tertiary/aromatic N) is 1. The van der Waals surface area contributed by atoms with Gasteiger partial charge >= 0.3 is 5.97 Å². The second kappa shape index (κ2) is 7.88. The van der Waals surface area contributed by atoms with Crippen molar-refractivity contribution in [2.45, 2.75) is 31.2 Å². The standard InChI is InChI=1S/C18H19ClN2O5/c19-13-4-2-1-3-12(13)14-11-20-16(26-14)6-5-15(22)21-18(17(23)24)7-9-25-10-8-18/h1-4,11H,5-10H2,(H,21,22)(H,23,24). The largest absolute Gasteiger partial charge is 0.480 e. The number of ether oxygens (including phenoxy) is 1. The second-order valence-electron chi connectivity index (χ2n) is 6.15. The number of aromatic nitrogens is 1. The van der Waals surface area contributed by atoms with E-state index in [1.54, 1.807) is 12.3 Å². The maximum Gasteiger partial charge on any atom is 0.329 e. The number of amides is 1. The molecule has 1 aliphatic heterocycles. The minimum atomic E-state index is -1.26. The van der Waals surface area contributed by atoms with Crippen molar-refractivity contribution in [1.29, 1.82) is 0 Å². The summed E-state index contributed by atoms with van der Waals surface area (Å²) in [5.41, 5.74) is -0.529. The number of aryl methyl sites for hydroxylation is 1. The van der Waals surface area contributed by atoms with E-state index in [1.807, 2.05) is 18.2 Å². The lowest BCUT2D eigenvalue weighted by molar-refractivity contribution is -0.152. The van der Waals surface area contributed by atoms with Crippen LogP contribution in [0.4, 0.5) is 0 Å². The van der Waals surface area contributed by atoms with E-state index in [9.17, 15) is 14.7 Å². The fourth-order valence-electron chi connectivity index (χ4n) is 2.87. The van der Waals surface area contributed by atoms with E-state index in [0.29, 0.717) is 29.9 Å². The first-order valence-corrected chi connectivity index (χ1v) is 8.70. The zero-order valence-corrected chi connectivity index (χ0v) is 14.8. The summed E-state index contributed by atoms with van der Waals surface area (Å²) >= 11 is 6.13. The Hall–Kier alpha value is -2.38. The van der Waals surface area contributed by atoms with Crippen molar-refractivity contribution in [3.8, 4) is 11.3 Å². The van der Waals surface area contributed by atoms with Gasteiger partial charge in [-0.3, -0.25) is 4.79 Å². The third-order valence-electron chi connectivity index (χ3n) is 4.39. The molecule has 1 fully saturated rings. The van der Waals surface area contributed by atoms with Crippen molar-refractivity contribution < 1.29 is 23.8 Å². The molecule has 0 saturated carbocycles. The molecule has 1 aromatic heterocycles. The van der Waals surface area contributed by atoms with Crippen LogP contribution in [0, 0.1) is 0 Å². The third kappa shape index (κ3) is 4.05. The summed E-state index contributed by atoms with van der Waals surface area (Å²) < 4.78 is 10.8. The molecule has 2 N–H and O–H groups in total. The van der Waals surface area contributed by atoms with Crippen LogP contribution in [0.3, 0.4) is 0 Å². The van der Waals surface area contributed by atoms with E-state index in [-0.39, 0.29) is 31.6 Å². The van der Waals surface area contributed by atoms with Gasteiger partial charge in [-0.2, -0.15) is 0 Å². The Balaban J connectivity index is 1.60. The number of benzene rings is 1. The van der Waals surface area contributed by atoms with Crippen molar-refractivity contribution in [3.05, 3.63) is 41.4 Å². The van der Waals surface area contributed by atoms with Gasteiger partial charge in [0.15, 0.2) is 11.7 Å². The molecule has 1 aromatic carbocycles. The van der Waals surface area contributed by atoms with Crippen molar-refractivity contribution in [1.82, 2.24) is 10.3 Å². The van der Waals surface area contributed by atoms with E-state index in [0.717, 1.165) is 5.56 Å². The fraction of sp³-hybridized carbons (Fsp3) is 0.389. The summed E-state index contributed by atoms with van der Waals surface area (Å²) in [7, 11) is 0. The molecule has 138 valence electrons. The summed E-state index contributed by atoms with van der Waals surface area (Å²) in [5.74, 6) is -0.470. The lowest BCUT2D eigenvalue weighted by atomic mass is 9.90. The number of carboxylic acids is 1. The van der Waals surface area contributed by atoms with Crippen LogP contribution in [0.2, 0.25) is 5.02 Å². The normalized spacial score (nSPS) is 16.2. The highest BCUT2D eigenvalue weighted by atomic mass is 35.5. The summed E-state index contributed by atoms with van der Waals surface area (Å²) in [4.78, 5) is 27.9. The van der Waals surface area contributed by atoms with Crippen LogP contribution < -0.4 is 5.32 Å². The Labute approximate surface area is 155 Å². The molecule has 3 rings (SSSR count). The van der Waals surface area contributed by atoms with Crippen molar-refractivity contribution in [2.75, 3.05) is 13.2 Å². The van der Waals surface area contributed by atoms with E-state index in [1.165, 1.54) is 0 Å². The van der Waals surface area contributed by atoms with Gasteiger partial charge in [0.1, 0.15) is 5.54 Å². The topological polar surface area (TPSA) is 102 Å². The number of rotatable bonds is 6. The maximum atomic E-state index is 12.2. The van der Waals surface area contributed by atoms with Gasteiger partial charge in [-0.25, -0.2) is 9.78 Å². The zero-order chi connectivity index (χ0) is 18.6. The van der Waals surface area contributed by atoms with Gasteiger partial charge < -0.3 is 19.6 Å². The quantitative estimate of drug-likeness (QED) is 0.801. The van der Waals surface area contributed by atoms with Crippen LogP contribution in [-0.2, 0) is 20.7 Å². The predicted octanol–water partition coefficient (Wildman–Crippen LogP) is 2.68. The molecule has 1 saturated heterocycles. The van der Waals surface area contributed by atoms with Crippen molar-refractivity contribution >= 4 is 23.5 Å². The Morgan fingerprint density at radius 1 is 1.27 bits per heavy atom. The Bertz CT molecular complexity index is 798. The molecule has 0 unspecified atom stereocenters. The van der Waals surface area contributed by atoms with E-state index >= 15 is 0 Å². The highest BCUT2D eigenvalue weighted by Gasteiger charge is 2.41. The number of hydrogen-bond acceptors (Lipinski definition) is 5. The van der Waals surface area contributed by atoms with Crippen LogP contribution in [-0.4, -0.2) is 40.7 Å². The molecule has 8 heteroatoms. The molecule has 2 heterocycles. The molecular formula is C18H19ClN2O5. The minimum absolute atomic E-state index is 0.0817. The molecule has 1 aliphatic rings. The maximum absolute atomic E-state index is 12.2. The number of carboxylic acid groups (broad SMARTS) is 1. The van der Waals surface area contributed by atoms with Crippen LogP contribution in [0.5, 0.6) is 0 Å². The van der Waals surface area contributed by atoms with Gasteiger partial charge in [-0.1, -0.05) is 23.7 Å². The number of oxazole rings is 1. The molecule has 0 atom stereocenters. The van der Waals surface area contributed by atoms with Crippen LogP contribution in [0.1, 0.15) is 25.2 Å². The molecular weight excluding hydrogens is 360 g/mol. The van der Waals surface area contributed by atoms with E-state index in [2.05, 4.69) is 10.3 Å². The molecule has 0 spiro atoms. The van der Waals surface area contributed by atoms with E-state index in [4.69, 9.17) is 20.8 Å². The molecule has 26 heavy (non-hydrogen) atoms. The van der Waals surface area contributed by atoms with Gasteiger partial charge in [0.05, 0.1) is 11.2 Å². The third-order valence-corrected chi connectivity index (χ3v) is 4.72. The highest BCUT2D eigenvalue weighted by Crippen LogP contribution is 2.28. The molecule has 1 amide bonds. The second-order valence-corrected chi connectivity index (χ2v) is 6.55. The van der Waals surface area contributed by atoms with Crippen molar-refractivity contribution in [3.63, 3.8) is 0 Å². The van der Waals surface area contributed by atoms with Gasteiger partial charge in [0, 0.05) is 44.5 Å². The average Bonchev–Trinajstić information content (AvgIpc) is 3.10. The summed E-state index contributed by atoms with van der Waals surface area (Å²) in [6.07, 6.45) is 2.42. The first-order chi connectivity index (χ1) is 12.5. The summed E-state index contributed by atoms with van der Waals surface area (Å²) in [5, 5.41) is 12.7.